The minimum absolute atomic E-state index is 0.00844. The van der Waals surface area contributed by atoms with Gasteiger partial charge in [-0.2, -0.15) is 0 Å². The van der Waals surface area contributed by atoms with Crippen LogP contribution in [-0.4, -0.2) is 41.6 Å². The van der Waals surface area contributed by atoms with Crippen LogP contribution in [0.5, 0.6) is 11.5 Å². The Hall–Kier alpha value is -5.90. The van der Waals surface area contributed by atoms with Crippen molar-refractivity contribution in [2.24, 2.45) is 0 Å². The third-order valence-corrected chi connectivity index (χ3v) is 8.82. The Morgan fingerprint density at radius 2 is 1.59 bits per heavy atom. The maximum atomic E-state index is 13.8. The molecular weight excluding hydrogens is 700 g/mol. The minimum atomic E-state index is -0.616. The first-order chi connectivity index (χ1) is 26.0. The van der Waals surface area contributed by atoms with Gasteiger partial charge in [-0.25, -0.2) is 4.79 Å². The van der Waals surface area contributed by atoms with Crippen LogP contribution in [0.4, 0.5) is 4.79 Å². The lowest BCUT2D eigenvalue weighted by Crippen LogP contribution is -2.38. The molecule has 0 radical (unpaired) electrons. The topological polar surface area (TPSA) is 122 Å². The molecule has 4 N–H and O–H groups in total. The highest BCUT2D eigenvalue weighted by Crippen LogP contribution is 2.39. The van der Waals surface area contributed by atoms with Crippen molar-refractivity contribution in [1.82, 2.24) is 20.9 Å². The number of aromatic amines is 1. The number of fused-ring (bicyclic) bond motifs is 1. The first-order valence-electron chi connectivity index (χ1n) is 17.9. The lowest BCUT2D eigenvalue weighted by atomic mass is 9.93. The maximum absolute atomic E-state index is 13.8. The van der Waals surface area contributed by atoms with Crippen LogP contribution in [0.2, 0.25) is 5.02 Å². The predicted molar refractivity (Wildman–Crippen MR) is 214 cm³/mol. The third-order valence-electron chi connectivity index (χ3n) is 8.58. The van der Waals surface area contributed by atoms with E-state index in [2.05, 4.69) is 33.1 Å². The van der Waals surface area contributed by atoms with Crippen molar-refractivity contribution in [3.8, 4) is 33.8 Å². The molecule has 3 amide bonds. The number of hydrogen-bond donors (Lipinski definition) is 4. The van der Waals surface area contributed by atoms with E-state index in [0.29, 0.717) is 39.8 Å². The molecule has 0 atom stereocenters. The second kappa shape index (κ2) is 17.3. The van der Waals surface area contributed by atoms with Crippen molar-refractivity contribution in [1.29, 1.82) is 0 Å². The summed E-state index contributed by atoms with van der Waals surface area (Å²) >= 11 is 6.49. The Morgan fingerprint density at radius 3 is 2.41 bits per heavy atom. The number of alkyl carbamates (subject to hydrolysis) is 1. The molecule has 6 aromatic rings. The van der Waals surface area contributed by atoms with Gasteiger partial charge in [-0.05, 0) is 110 Å². The second-order valence-corrected chi connectivity index (χ2v) is 14.3. The van der Waals surface area contributed by atoms with E-state index in [1.165, 1.54) is 10.9 Å². The molecule has 0 saturated carbocycles. The van der Waals surface area contributed by atoms with Crippen LogP contribution >= 0.6 is 11.6 Å². The summed E-state index contributed by atoms with van der Waals surface area (Å²) < 4.78 is 11.8. The van der Waals surface area contributed by atoms with Crippen LogP contribution in [0, 0.1) is 0 Å². The predicted octanol–water partition coefficient (Wildman–Crippen LogP) is 9.45. The molecule has 1 heterocycles. The molecule has 0 aliphatic carbocycles. The van der Waals surface area contributed by atoms with E-state index in [-0.39, 0.29) is 13.1 Å². The Kier molecular flexibility index (Phi) is 12.1. The first kappa shape index (κ1) is 37.8. The molecular formula is C44H43ClN4O5. The van der Waals surface area contributed by atoms with E-state index < -0.39 is 23.5 Å². The van der Waals surface area contributed by atoms with Gasteiger partial charge in [0.25, 0.3) is 5.91 Å². The average Bonchev–Trinajstić information content (AvgIpc) is 3.56. The molecule has 0 fully saturated rings. The second-order valence-electron chi connectivity index (χ2n) is 13.9. The molecule has 276 valence electrons. The highest BCUT2D eigenvalue weighted by atomic mass is 35.5. The fourth-order valence-electron chi connectivity index (χ4n) is 6.10. The van der Waals surface area contributed by atoms with Crippen LogP contribution in [0.25, 0.3) is 33.2 Å². The summed E-state index contributed by atoms with van der Waals surface area (Å²) in [6.45, 7) is 6.24. The van der Waals surface area contributed by atoms with E-state index in [4.69, 9.17) is 21.1 Å². The molecule has 10 heteroatoms. The Labute approximate surface area is 320 Å². The summed E-state index contributed by atoms with van der Waals surface area (Å²) in [7, 11) is 0. The number of aromatic nitrogens is 1. The lowest BCUT2D eigenvalue weighted by molar-refractivity contribution is -0.119. The van der Waals surface area contributed by atoms with Crippen LogP contribution < -0.4 is 20.7 Å². The number of rotatable bonds is 13. The van der Waals surface area contributed by atoms with Gasteiger partial charge in [0.2, 0.25) is 5.91 Å². The van der Waals surface area contributed by atoms with Gasteiger partial charge < -0.3 is 25.1 Å². The minimum Gasteiger partial charge on any atom is -0.457 e. The van der Waals surface area contributed by atoms with Gasteiger partial charge in [-0.1, -0.05) is 78.3 Å². The number of imide groups is 1. The number of amides is 3. The van der Waals surface area contributed by atoms with E-state index in [1.807, 2.05) is 79.0 Å². The summed E-state index contributed by atoms with van der Waals surface area (Å²) in [6.07, 6.45) is 3.19. The van der Waals surface area contributed by atoms with Crippen LogP contribution in [0.15, 0.2) is 121 Å². The molecule has 5 aromatic carbocycles. The number of benzene rings is 5. The van der Waals surface area contributed by atoms with Crippen molar-refractivity contribution in [2.45, 2.75) is 45.8 Å². The van der Waals surface area contributed by atoms with Crippen LogP contribution in [0.1, 0.15) is 48.7 Å². The zero-order valence-electron chi connectivity index (χ0n) is 30.5. The van der Waals surface area contributed by atoms with Crippen LogP contribution in [-0.2, 0) is 22.5 Å². The number of H-pyrrole nitrogens is 1. The van der Waals surface area contributed by atoms with Gasteiger partial charge >= 0.3 is 6.09 Å². The van der Waals surface area contributed by atoms with E-state index in [9.17, 15) is 14.4 Å². The summed E-state index contributed by atoms with van der Waals surface area (Å²) in [5.41, 5.74) is 5.79. The number of carbonyl (C=O) groups excluding carboxylic acids is 3. The Balaban J connectivity index is 1.18. The molecule has 9 nitrogen and oxygen atoms in total. The fraction of sp³-hybridized carbons (Fsp3) is 0.205. The largest absolute Gasteiger partial charge is 0.457 e. The average molecular weight is 743 g/mol. The number of para-hydroxylation sites is 1. The first-order valence-corrected chi connectivity index (χ1v) is 18.2. The van der Waals surface area contributed by atoms with Crippen molar-refractivity contribution < 1.29 is 23.9 Å². The molecule has 0 spiro atoms. The summed E-state index contributed by atoms with van der Waals surface area (Å²) in [6, 6.07) is 36.0. The molecule has 0 unspecified atom stereocenters. The Morgan fingerprint density at radius 1 is 0.796 bits per heavy atom. The monoisotopic (exact) mass is 742 g/mol. The van der Waals surface area contributed by atoms with Gasteiger partial charge in [0, 0.05) is 45.9 Å². The SMILES string of the molecule is CC(C)(C)OC(=O)NCc1cccc(Oc2cc(Cl)ccc2-c2cc(-c3ccccc3)ccc2C(=O)NC(=O)CNCCCc2c[nH]c3ccccc23)c1. The van der Waals surface area contributed by atoms with Crippen molar-refractivity contribution >= 4 is 40.4 Å². The smallest absolute Gasteiger partial charge is 0.407 e. The molecule has 0 saturated heterocycles. The quantitative estimate of drug-likeness (QED) is 0.0875. The van der Waals surface area contributed by atoms with Gasteiger partial charge in [-0.3, -0.25) is 14.9 Å². The molecule has 0 bridgehead atoms. The Bertz CT molecular complexity index is 2260. The highest BCUT2D eigenvalue weighted by molar-refractivity contribution is 6.30. The zero-order valence-corrected chi connectivity index (χ0v) is 31.3. The van der Waals surface area contributed by atoms with Gasteiger partial charge in [0.1, 0.15) is 17.1 Å². The summed E-state index contributed by atoms with van der Waals surface area (Å²) in [4.78, 5) is 42.3. The summed E-state index contributed by atoms with van der Waals surface area (Å²) in [5, 5.41) is 10.1. The van der Waals surface area contributed by atoms with E-state index in [1.54, 1.807) is 51.1 Å². The van der Waals surface area contributed by atoms with Gasteiger partial charge in [0.05, 0.1) is 6.54 Å². The van der Waals surface area contributed by atoms with Crippen molar-refractivity contribution in [3.05, 3.63) is 143 Å². The van der Waals surface area contributed by atoms with E-state index >= 15 is 0 Å². The number of nitrogens with one attached hydrogen (secondary N) is 4. The third kappa shape index (κ3) is 10.2. The number of aryl methyl sites for hydroxylation is 1. The van der Waals surface area contributed by atoms with Crippen molar-refractivity contribution in [3.63, 3.8) is 0 Å². The molecule has 54 heavy (non-hydrogen) atoms. The van der Waals surface area contributed by atoms with E-state index in [0.717, 1.165) is 35.0 Å². The molecule has 6 rings (SSSR count). The molecule has 0 aliphatic rings. The number of halogens is 1. The zero-order chi connectivity index (χ0) is 38.1. The number of ether oxygens (including phenoxy) is 2. The van der Waals surface area contributed by atoms with Crippen molar-refractivity contribution in [2.75, 3.05) is 13.1 Å². The molecule has 0 aliphatic heterocycles. The highest BCUT2D eigenvalue weighted by Gasteiger charge is 2.21. The van der Waals surface area contributed by atoms with Crippen LogP contribution in [0.3, 0.4) is 0 Å². The normalized spacial score (nSPS) is 11.3. The standard InChI is InChI=1S/C44H43ClN4O5/c1-44(2,3)54-43(52)48-26-29-11-9-15-34(23-29)53-40-25-33(45)19-21-36(40)38-24-31(30-12-5-4-6-13-30)18-20-37(38)42(51)49-41(50)28-46-22-10-14-32-27-47-39-17-8-7-16-35(32)39/h4-9,11-13,15-21,23-25,27,46-47H,10,14,22,26,28H2,1-3H3,(H,48,52)(H,49,50,51). The van der Waals surface area contributed by atoms with Gasteiger partial charge in [0.15, 0.2) is 0 Å². The van der Waals surface area contributed by atoms with Gasteiger partial charge in [-0.15, -0.1) is 0 Å². The molecule has 1 aromatic heterocycles. The number of hydrogen-bond acceptors (Lipinski definition) is 6. The maximum Gasteiger partial charge on any atom is 0.407 e. The summed E-state index contributed by atoms with van der Waals surface area (Å²) in [5.74, 6) is -0.0683. The number of carbonyl (C=O) groups is 3. The fourth-order valence-corrected chi connectivity index (χ4v) is 6.26. The lowest BCUT2D eigenvalue weighted by Gasteiger charge is -2.20.